The van der Waals surface area contributed by atoms with Crippen molar-refractivity contribution in [3.63, 3.8) is 0 Å². The number of primary amides is 1. The first kappa shape index (κ1) is 12.8. The minimum absolute atomic E-state index is 0.0577. The molecule has 5 N–H and O–H groups in total. The first-order chi connectivity index (χ1) is 7.95. The maximum Gasteiger partial charge on any atom is 0.256 e. The summed E-state index contributed by atoms with van der Waals surface area (Å²) in [6.45, 7) is 1.88. The molecule has 1 rings (SSSR count). The Hall–Kier alpha value is -2.24. The second-order valence-corrected chi connectivity index (χ2v) is 3.56. The molecular formula is C11H15N3O3. The van der Waals surface area contributed by atoms with Crippen LogP contribution in [0, 0.1) is 0 Å². The van der Waals surface area contributed by atoms with Crippen LogP contribution in [0.5, 0.6) is 5.75 Å². The predicted molar refractivity (Wildman–Crippen MR) is 63.3 cm³/mol. The van der Waals surface area contributed by atoms with Crippen LogP contribution in [0.4, 0.5) is 5.69 Å². The average Bonchev–Trinajstić information content (AvgIpc) is 2.28. The highest BCUT2D eigenvalue weighted by Gasteiger charge is 2.18. The van der Waals surface area contributed by atoms with E-state index in [9.17, 15) is 14.7 Å². The zero-order valence-corrected chi connectivity index (χ0v) is 9.51. The number of carbonyl (C=O) groups is 2. The van der Waals surface area contributed by atoms with Crippen LogP contribution in [0.3, 0.4) is 0 Å². The van der Waals surface area contributed by atoms with Gasteiger partial charge in [-0.25, -0.2) is 0 Å². The molecule has 0 aromatic heterocycles. The SMILES string of the molecule is CCN(CC(N)=O)C(=O)c1cc(O)ccc1N. The number of aromatic hydroxyl groups is 1. The number of anilines is 1. The van der Waals surface area contributed by atoms with Gasteiger partial charge in [0.25, 0.3) is 5.91 Å². The summed E-state index contributed by atoms with van der Waals surface area (Å²) >= 11 is 0. The number of nitrogens with zero attached hydrogens (tertiary/aromatic N) is 1. The van der Waals surface area contributed by atoms with Gasteiger partial charge in [0, 0.05) is 12.2 Å². The van der Waals surface area contributed by atoms with Gasteiger partial charge in [-0.05, 0) is 25.1 Å². The summed E-state index contributed by atoms with van der Waals surface area (Å²) in [6, 6.07) is 4.08. The zero-order chi connectivity index (χ0) is 13.0. The first-order valence-corrected chi connectivity index (χ1v) is 5.11. The fraction of sp³-hybridized carbons (Fsp3) is 0.273. The van der Waals surface area contributed by atoms with Gasteiger partial charge in [-0.2, -0.15) is 0 Å². The molecule has 0 spiro atoms. The topological polar surface area (TPSA) is 110 Å². The van der Waals surface area contributed by atoms with Gasteiger partial charge in [-0.15, -0.1) is 0 Å². The third-order valence-electron chi connectivity index (χ3n) is 2.28. The van der Waals surface area contributed by atoms with Crippen molar-refractivity contribution in [2.45, 2.75) is 6.92 Å². The fourth-order valence-corrected chi connectivity index (χ4v) is 1.42. The first-order valence-electron chi connectivity index (χ1n) is 5.11. The Bertz CT molecular complexity index is 446. The standard InChI is InChI=1S/C11H15N3O3/c1-2-14(6-10(13)16)11(17)8-5-7(15)3-4-9(8)12/h3-5,15H,2,6,12H2,1H3,(H2,13,16). The van der Waals surface area contributed by atoms with E-state index >= 15 is 0 Å². The molecule has 6 heteroatoms. The number of rotatable bonds is 4. The third kappa shape index (κ3) is 3.10. The number of hydrogen-bond acceptors (Lipinski definition) is 4. The predicted octanol–water partition coefficient (Wildman–Crippen LogP) is -0.0782. The molecule has 17 heavy (non-hydrogen) atoms. The highest BCUT2D eigenvalue weighted by molar-refractivity contribution is 6.00. The van der Waals surface area contributed by atoms with E-state index in [-0.39, 0.29) is 23.5 Å². The molecule has 92 valence electrons. The van der Waals surface area contributed by atoms with Crippen LogP contribution in [0.2, 0.25) is 0 Å². The Morgan fingerprint density at radius 2 is 2.06 bits per heavy atom. The molecule has 6 nitrogen and oxygen atoms in total. The van der Waals surface area contributed by atoms with Gasteiger partial charge in [-0.1, -0.05) is 0 Å². The van der Waals surface area contributed by atoms with Crippen molar-refractivity contribution in [3.8, 4) is 5.75 Å². The summed E-state index contributed by atoms with van der Waals surface area (Å²) in [7, 11) is 0. The Kier molecular flexibility index (Phi) is 3.92. The van der Waals surface area contributed by atoms with Gasteiger partial charge < -0.3 is 21.5 Å². The van der Waals surface area contributed by atoms with Crippen LogP contribution in [-0.4, -0.2) is 34.9 Å². The van der Waals surface area contributed by atoms with Gasteiger partial charge in [0.2, 0.25) is 5.91 Å². The normalized spacial score (nSPS) is 9.94. The number of phenols is 1. The zero-order valence-electron chi connectivity index (χ0n) is 9.51. The van der Waals surface area contributed by atoms with E-state index in [4.69, 9.17) is 11.5 Å². The van der Waals surface area contributed by atoms with Crippen molar-refractivity contribution in [1.82, 2.24) is 4.90 Å². The van der Waals surface area contributed by atoms with E-state index in [0.717, 1.165) is 0 Å². The van der Waals surface area contributed by atoms with Crippen LogP contribution < -0.4 is 11.5 Å². The molecule has 1 aromatic carbocycles. The Labute approximate surface area is 98.8 Å². The summed E-state index contributed by atoms with van der Waals surface area (Å²) in [6.07, 6.45) is 0. The number of likely N-dealkylation sites (N-methyl/N-ethyl adjacent to an activating group) is 1. The lowest BCUT2D eigenvalue weighted by molar-refractivity contribution is -0.118. The van der Waals surface area contributed by atoms with Crippen LogP contribution in [-0.2, 0) is 4.79 Å². The second kappa shape index (κ2) is 5.20. The van der Waals surface area contributed by atoms with Gasteiger partial charge in [-0.3, -0.25) is 9.59 Å². The molecule has 0 saturated heterocycles. The Balaban J connectivity index is 3.01. The molecule has 2 amide bonds. The van der Waals surface area contributed by atoms with Crippen molar-refractivity contribution in [2.24, 2.45) is 5.73 Å². The van der Waals surface area contributed by atoms with E-state index in [1.165, 1.54) is 23.1 Å². The molecule has 0 aliphatic carbocycles. The largest absolute Gasteiger partial charge is 0.508 e. The summed E-state index contributed by atoms with van der Waals surface area (Å²) in [5.74, 6) is -1.09. The van der Waals surface area contributed by atoms with Crippen molar-refractivity contribution >= 4 is 17.5 Å². The third-order valence-corrected chi connectivity index (χ3v) is 2.28. The van der Waals surface area contributed by atoms with E-state index < -0.39 is 11.8 Å². The van der Waals surface area contributed by atoms with Crippen molar-refractivity contribution in [2.75, 3.05) is 18.8 Å². The molecule has 0 aliphatic rings. The monoisotopic (exact) mass is 237 g/mol. The molecule has 0 saturated carbocycles. The molecule has 0 unspecified atom stereocenters. The van der Waals surface area contributed by atoms with Crippen molar-refractivity contribution in [1.29, 1.82) is 0 Å². The maximum absolute atomic E-state index is 12.0. The molecule has 0 aliphatic heterocycles. The molecular weight excluding hydrogens is 222 g/mol. The number of benzene rings is 1. The lowest BCUT2D eigenvalue weighted by Gasteiger charge is -2.19. The van der Waals surface area contributed by atoms with Crippen LogP contribution in [0.15, 0.2) is 18.2 Å². The van der Waals surface area contributed by atoms with Crippen LogP contribution in [0.1, 0.15) is 17.3 Å². The summed E-state index contributed by atoms with van der Waals surface area (Å²) in [4.78, 5) is 24.1. The minimum atomic E-state index is -0.598. The van der Waals surface area contributed by atoms with Gasteiger partial charge >= 0.3 is 0 Å². The second-order valence-electron chi connectivity index (χ2n) is 3.56. The average molecular weight is 237 g/mol. The van der Waals surface area contributed by atoms with E-state index in [1.54, 1.807) is 6.92 Å². The molecule has 0 radical (unpaired) electrons. The number of nitrogen functional groups attached to an aromatic ring is 1. The lowest BCUT2D eigenvalue weighted by Crippen LogP contribution is -2.38. The molecule has 1 aromatic rings. The summed E-state index contributed by atoms with van der Waals surface area (Å²) < 4.78 is 0. The number of nitrogens with two attached hydrogens (primary N) is 2. The highest BCUT2D eigenvalue weighted by Crippen LogP contribution is 2.20. The highest BCUT2D eigenvalue weighted by atomic mass is 16.3. The molecule has 0 fully saturated rings. The minimum Gasteiger partial charge on any atom is -0.508 e. The summed E-state index contributed by atoms with van der Waals surface area (Å²) in [5.41, 5.74) is 11.1. The van der Waals surface area contributed by atoms with Gasteiger partial charge in [0.1, 0.15) is 5.75 Å². The van der Waals surface area contributed by atoms with Crippen molar-refractivity contribution in [3.05, 3.63) is 23.8 Å². The number of phenolic OH excluding ortho intramolecular Hbond substituents is 1. The van der Waals surface area contributed by atoms with E-state index in [1.807, 2.05) is 0 Å². The number of hydrogen-bond donors (Lipinski definition) is 3. The van der Waals surface area contributed by atoms with Gasteiger partial charge in [0.15, 0.2) is 0 Å². The fourth-order valence-electron chi connectivity index (χ4n) is 1.42. The van der Waals surface area contributed by atoms with E-state index in [0.29, 0.717) is 6.54 Å². The van der Waals surface area contributed by atoms with Crippen LogP contribution in [0.25, 0.3) is 0 Å². The van der Waals surface area contributed by atoms with Crippen molar-refractivity contribution < 1.29 is 14.7 Å². The summed E-state index contributed by atoms with van der Waals surface area (Å²) in [5, 5.41) is 9.30. The molecule has 0 heterocycles. The smallest absolute Gasteiger partial charge is 0.256 e. The Morgan fingerprint density at radius 1 is 1.41 bits per heavy atom. The quantitative estimate of drug-likeness (QED) is 0.502. The maximum atomic E-state index is 12.0. The molecule has 0 bridgehead atoms. The lowest BCUT2D eigenvalue weighted by atomic mass is 10.1. The number of carbonyl (C=O) groups excluding carboxylic acids is 2. The van der Waals surface area contributed by atoms with E-state index in [2.05, 4.69) is 0 Å². The van der Waals surface area contributed by atoms with Gasteiger partial charge in [0.05, 0.1) is 12.1 Å². The molecule has 0 atom stereocenters. The van der Waals surface area contributed by atoms with Crippen LogP contribution >= 0.6 is 0 Å². The Morgan fingerprint density at radius 3 is 2.59 bits per heavy atom. The number of amides is 2.